The third-order valence-corrected chi connectivity index (χ3v) is 9.28. The zero-order chi connectivity index (χ0) is 30.1. The Morgan fingerprint density at radius 1 is 1.14 bits per heavy atom. The van der Waals surface area contributed by atoms with Crippen molar-refractivity contribution >= 4 is 28.8 Å². The van der Waals surface area contributed by atoms with Crippen LogP contribution in [-0.4, -0.2) is 103 Å². The number of nitrogens with zero attached hydrogens (tertiary/aromatic N) is 6. The number of aliphatic hydroxyl groups is 1. The van der Waals surface area contributed by atoms with Gasteiger partial charge in [0.2, 0.25) is 17.7 Å². The summed E-state index contributed by atoms with van der Waals surface area (Å²) in [6, 6.07) is 6.57. The number of carbonyl (C=O) groups excluding carboxylic acids is 3. The number of likely N-dealkylation sites (tertiary alicyclic amines) is 1. The van der Waals surface area contributed by atoms with E-state index in [9.17, 15) is 19.5 Å². The molecule has 1 spiro atoms. The Hall–Kier alpha value is -3.57. The molecule has 11 heteroatoms. The van der Waals surface area contributed by atoms with E-state index in [4.69, 9.17) is 4.74 Å². The van der Waals surface area contributed by atoms with E-state index in [2.05, 4.69) is 23.5 Å². The van der Waals surface area contributed by atoms with Crippen LogP contribution in [0.4, 0.5) is 0 Å². The van der Waals surface area contributed by atoms with E-state index in [1.54, 1.807) is 31.5 Å². The lowest BCUT2D eigenvalue weighted by Crippen LogP contribution is -2.56. The van der Waals surface area contributed by atoms with Gasteiger partial charge in [-0.05, 0) is 44.2 Å². The normalized spacial score (nSPS) is 27.8. The van der Waals surface area contributed by atoms with E-state index in [0.29, 0.717) is 44.3 Å². The van der Waals surface area contributed by atoms with Gasteiger partial charge in [-0.1, -0.05) is 43.3 Å². The van der Waals surface area contributed by atoms with E-state index < -0.39 is 29.1 Å². The average Bonchev–Trinajstić information content (AvgIpc) is 3.72. The molecule has 2 unspecified atom stereocenters. The molecule has 3 aliphatic heterocycles. The second kappa shape index (κ2) is 12.0. The molecule has 0 radical (unpaired) electrons. The second-order valence-electron chi connectivity index (χ2n) is 11.6. The highest BCUT2D eigenvalue weighted by molar-refractivity contribution is 5.99. The van der Waals surface area contributed by atoms with Gasteiger partial charge in [-0.3, -0.25) is 14.4 Å². The summed E-state index contributed by atoms with van der Waals surface area (Å²) in [5.41, 5.74) is -0.474. The fourth-order valence-electron chi connectivity index (χ4n) is 7.50. The smallest absolute Gasteiger partial charge is 0.250 e. The van der Waals surface area contributed by atoms with Crippen LogP contribution in [0.2, 0.25) is 0 Å². The molecule has 3 saturated heterocycles. The van der Waals surface area contributed by atoms with Crippen LogP contribution in [0, 0.1) is 11.8 Å². The standard InChI is InChI=1S/C31H42N6O5/c1-5-16-34(17-6-2)27(39)24-25-28(40)36(19-11-20-38)26(31(25)15-14-30(24,8-4)42-31)29(41)35(18-7-3)21-37-23-13-10-9-12-22(23)32-33-37/h5,7,9-10,12-13,24-26,38H,1,3,6,8,11,14-21H2,2,4H3/t24-,25+,26?,30+,31?/m1/s1. The molecule has 0 aliphatic carbocycles. The van der Waals surface area contributed by atoms with Gasteiger partial charge in [0.15, 0.2) is 0 Å². The number of carbonyl (C=O) groups is 3. The van der Waals surface area contributed by atoms with Crippen molar-refractivity contribution in [3.8, 4) is 0 Å². The van der Waals surface area contributed by atoms with Gasteiger partial charge in [0.25, 0.3) is 0 Å². The van der Waals surface area contributed by atoms with Crippen molar-refractivity contribution in [2.24, 2.45) is 11.8 Å². The number of aliphatic hydroxyl groups excluding tert-OH is 1. The topological polar surface area (TPSA) is 121 Å². The summed E-state index contributed by atoms with van der Waals surface area (Å²) in [5.74, 6) is -2.15. The minimum absolute atomic E-state index is 0.107. The van der Waals surface area contributed by atoms with Crippen LogP contribution < -0.4 is 0 Å². The molecule has 4 heterocycles. The van der Waals surface area contributed by atoms with Crippen molar-refractivity contribution in [3.05, 3.63) is 49.6 Å². The third-order valence-electron chi connectivity index (χ3n) is 9.28. The summed E-state index contributed by atoms with van der Waals surface area (Å²) in [6.45, 7) is 13.0. The highest BCUT2D eigenvalue weighted by atomic mass is 16.5. The van der Waals surface area contributed by atoms with Gasteiger partial charge in [0.1, 0.15) is 23.8 Å². The van der Waals surface area contributed by atoms with Crippen molar-refractivity contribution in [1.29, 1.82) is 0 Å². The maximum atomic E-state index is 14.6. The number of aromatic nitrogens is 3. The number of para-hydroxylation sites is 1. The quantitative estimate of drug-likeness (QED) is 0.342. The molecule has 11 nitrogen and oxygen atoms in total. The molecule has 3 fully saturated rings. The van der Waals surface area contributed by atoms with Crippen LogP contribution in [0.5, 0.6) is 0 Å². The van der Waals surface area contributed by atoms with E-state index in [0.717, 1.165) is 11.9 Å². The maximum absolute atomic E-state index is 14.6. The van der Waals surface area contributed by atoms with Gasteiger partial charge in [0.05, 0.1) is 23.0 Å². The van der Waals surface area contributed by atoms with Crippen LogP contribution in [-0.2, 0) is 25.8 Å². The lowest BCUT2D eigenvalue weighted by atomic mass is 9.64. The summed E-state index contributed by atoms with van der Waals surface area (Å²) in [4.78, 5) is 48.1. The molecule has 42 heavy (non-hydrogen) atoms. The molecule has 5 rings (SSSR count). The molecule has 2 aromatic rings. The van der Waals surface area contributed by atoms with E-state index in [-0.39, 0.29) is 44.1 Å². The number of benzene rings is 1. The Labute approximate surface area is 246 Å². The minimum atomic E-state index is -1.14. The minimum Gasteiger partial charge on any atom is -0.396 e. The summed E-state index contributed by atoms with van der Waals surface area (Å²) in [5, 5.41) is 18.2. The first-order chi connectivity index (χ1) is 20.3. The first kappa shape index (κ1) is 29.9. The predicted molar refractivity (Wildman–Crippen MR) is 157 cm³/mol. The zero-order valence-electron chi connectivity index (χ0n) is 24.7. The van der Waals surface area contributed by atoms with E-state index in [1.807, 2.05) is 38.1 Å². The number of rotatable bonds is 14. The molecule has 3 amide bonds. The number of fused-ring (bicyclic) bond motifs is 2. The van der Waals surface area contributed by atoms with Gasteiger partial charge < -0.3 is 24.5 Å². The summed E-state index contributed by atoms with van der Waals surface area (Å²) in [6.07, 6.45) is 6.07. The largest absolute Gasteiger partial charge is 0.396 e. The molecule has 1 aromatic carbocycles. The van der Waals surface area contributed by atoms with Crippen molar-refractivity contribution in [3.63, 3.8) is 0 Å². The van der Waals surface area contributed by atoms with E-state index in [1.165, 1.54) is 0 Å². The molecule has 2 bridgehead atoms. The Morgan fingerprint density at radius 3 is 2.57 bits per heavy atom. The van der Waals surface area contributed by atoms with Crippen LogP contribution >= 0.6 is 0 Å². The number of ether oxygens (including phenoxy) is 1. The van der Waals surface area contributed by atoms with Gasteiger partial charge >= 0.3 is 0 Å². The second-order valence-corrected chi connectivity index (χ2v) is 11.6. The SMILES string of the molecule is C=CCN(Cn1nnc2ccccc21)C(=O)C1N(CCCO)C(=O)[C@@H]2[C@H](C(=O)N(CC=C)CCC)[C@]3(CC)CCC12O3. The van der Waals surface area contributed by atoms with Crippen LogP contribution in [0.15, 0.2) is 49.6 Å². The number of amides is 3. The molecule has 1 aromatic heterocycles. The number of hydrogen-bond acceptors (Lipinski definition) is 7. The highest BCUT2D eigenvalue weighted by Gasteiger charge is 2.79. The Morgan fingerprint density at radius 2 is 1.88 bits per heavy atom. The Kier molecular flexibility index (Phi) is 8.52. The molecular weight excluding hydrogens is 536 g/mol. The van der Waals surface area contributed by atoms with Crippen LogP contribution in [0.3, 0.4) is 0 Å². The molecule has 1 N–H and O–H groups in total. The fourth-order valence-corrected chi connectivity index (χ4v) is 7.50. The zero-order valence-corrected chi connectivity index (χ0v) is 24.7. The predicted octanol–water partition coefficient (Wildman–Crippen LogP) is 2.37. The molecule has 226 valence electrons. The van der Waals surface area contributed by atoms with Crippen molar-refractivity contribution in [2.45, 2.75) is 69.9 Å². The fraction of sp³-hybridized carbons (Fsp3) is 0.581. The van der Waals surface area contributed by atoms with Crippen LogP contribution in [0.25, 0.3) is 11.0 Å². The number of hydrogen-bond donors (Lipinski definition) is 1. The average molecular weight is 579 g/mol. The Bertz CT molecular complexity index is 1360. The first-order valence-corrected chi connectivity index (χ1v) is 15.0. The van der Waals surface area contributed by atoms with Crippen LogP contribution in [0.1, 0.15) is 46.0 Å². The molecule has 5 atom stereocenters. The first-order valence-electron chi connectivity index (χ1n) is 15.0. The molecule has 0 saturated carbocycles. The monoisotopic (exact) mass is 578 g/mol. The highest BCUT2D eigenvalue weighted by Crippen LogP contribution is 2.64. The lowest BCUT2D eigenvalue weighted by Gasteiger charge is -2.37. The maximum Gasteiger partial charge on any atom is 0.250 e. The third kappa shape index (κ3) is 4.63. The molecule has 3 aliphatic rings. The summed E-state index contributed by atoms with van der Waals surface area (Å²) < 4.78 is 8.56. The summed E-state index contributed by atoms with van der Waals surface area (Å²) >= 11 is 0. The molecular formula is C31H42N6O5. The Balaban J connectivity index is 1.55. The van der Waals surface area contributed by atoms with E-state index >= 15 is 0 Å². The van der Waals surface area contributed by atoms with Crippen molar-refractivity contribution < 1.29 is 24.2 Å². The lowest BCUT2D eigenvalue weighted by molar-refractivity contribution is -0.156. The van der Waals surface area contributed by atoms with Gasteiger partial charge in [-0.2, -0.15) is 0 Å². The van der Waals surface area contributed by atoms with Gasteiger partial charge in [-0.25, -0.2) is 4.68 Å². The van der Waals surface area contributed by atoms with Gasteiger partial charge in [-0.15, -0.1) is 18.3 Å². The van der Waals surface area contributed by atoms with Crippen molar-refractivity contribution in [1.82, 2.24) is 29.7 Å². The summed E-state index contributed by atoms with van der Waals surface area (Å²) in [7, 11) is 0. The van der Waals surface area contributed by atoms with Gasteiger partial charge in [0, 0.05) is 32.8 Å². The van der Waals surface area contributed by atoms with Crippen molar-refractivity contribution in [2.75, 3.05) is 32.8 Å².